The standard InChI is InChI=1S/C20H26N4O2/c25-18(15-24-10-3-1-2-4-11-24)13-23-20(26)17-7-5-6-16(12-17)19-14-21-8-9-22-19/h5-9,12,14,18,25H,1-4,10-11,13,15H2,(H,23,26)/t18-/m1/s1. The van der Waals surface area contributed by atoms with Crippen molar-refractivity contribution in [3.63, 3.8) is 0 Å². The van der Waals surface area contributed by atoms with Gasteiger partial charge in [-0.3, -0.25) is 14.8 Å². The number of aromatic nitrogens is 2. The quantitative estimate of drug-likeness (QED) is 0.831. The third kappa shape index (κ3) is 5.34. The van der Waals surface area contributed by atoms with Gasteiger partial charge in [0.25, 0.3) is 5.91 Å². The molecule has 1 saturated heterocycles. The lowest BCUT2D eigenvalue weighted by Gasteiger charge is -2.23. The Morgan fingerprint density at radius 1 is 1.19 bits per heavy atom. The summed E-state index contributed by atoms with van der Waals surface area (Å²) in [5.41, 5.74) is 2.12. The fourth-order valence-corrected chi connectivity index (χ4v) is 3.26. The van der Waals surface area contributed by atoms with Crippen molar-refractivity contribution < 1.29 is 9.90 Å². The lowest BCUT2D eigenvalue weighted by Crippen LogP contribution is -2.40. The van der Waals surface area contributed by atoms with Crippen LogP contribution in [0.3, 0.4) is 0 Å². The molecule has 3 rings (SSSR count). The van der Waals surface area contributed by atoms with Crippen LogP contribution in [0.15, 0.2) is 42.9 Å². The summed E-state index contributed by atoms with van der Waals surface area (Å²) in [7, 11) is 0. The molecule has 0 unspecified atom stereocenters. The van der Waals surface area contributed by atoms with Gasteiger partial charge in [-0.25, -0.2) is 0 Å². The van der Waals surface area contributed by atoms with Crippen molar-refractivity contribution in [3.8, 4) is 11.3 Å². The molecule has 1 fully saturated rings. The number of β-amino-alcohol motifs (C(OH)–C–C–N with tert-alkyl or cyclic N) is 1. The first-order valence-corrected chi connectivity index (χ1v) is 9.27. The van der Waals surface area contributed by atoms with Crippen molar-refractivity contribution in [1.29, 1.82) is 0 Å². The van der Waals surface area contributed by atoms with E-state index in [4.69, 9.17) is 0 Å². The SMILES string of the molecule is O=C(NC[C@@H](O)CN1CCCCCC1)c1cccc(-c2cnccn2)c1. The van der Waals surface area contributed by atoms with Crippen molar-refractivity contribution in [1.82, 2.24) is 20.2 Å². The number of hydrogen-bond acceptors (Lipinski definition) is 5. The Bertz CT molecular complexity index is 700. The number of aliphatic hydroxyl groups is 1. The average molecular weight is 354 g/mol. The molecule has 26 heavy (non-hydrogen) atoms. The molecule has 1 aliphatic heterocycles. The molecule has 1 aromatic heterocycles. The number of nitrogens with zero attached hydrogens (tertiary/aromatic N) is 3. The molecule has 0 aliphatic carbocycles. The summed E-state index contributed by atoms with van der Waals surface area (Å²) in [6, 6.07) is 7.28. The van der Waals surface area contributed by atoms with Crippen molar-refractivity contribution in [2.75, 3.05) is 26.2 Å². The lowest BCUT2D eigenvalue weighted by atomic mass is 10.1. The van der Waals surface area contributed by atoms with Gasteiger partial charge in [-0.2, -0.15) is 0 Å². The minimum absolute atomic E-state index is 0.189. The molecule has 2 aromatic rings. The van der Waals surface area contributed by atoms with Crippen LogP contribution in [0.5, 0.6) is 0 Å². The second-order valence-electron chi connectivity index (χ2n) is 6.75. The highest BCUT2D eigenvalue weighted by atomic mass is 16.3. The Morgan fingerprint density at radius 3 is 2.73 bits per heavy atom. The lowest BCUT2D eigenvalue weighted by molar-refractivity contribution is 0.0862. The van der Waals surface area contributed by atoms with Gasteiger partial charge in [0.2, 0.25) is 0 Å². The maximum absolute atomic E-state index is 12.4. The van der Waals surface area contributed by atoms with Gasteiger partial charge in [0.15, 0.2) is 0 Å². The Morgan fingerprint density at radius 2 is 2.00 bits per heavy atom. The second-order valence-corrected chi connectivity index (χ2v) is 6.75. The van der Waals surface area contributed by atoms with Gasteiger partial charge in [-0.15, -0.1) is 0 Å². The van der Waals surface area contributed by atoms with Crippen LogP contribution in [-0.4, -0.2) is 58.2 Å². The second kappa shape index (κ2) is 9.40. The topological polar surface area (TPSA) is 78.4 Å². The molecule has 0 saturated carbocycles. The van der Waals surface area contributed by atoms with Crippen LogP contribution < -0.4 is 5.32 Å². The number of carbonyl (C=O) groups excluding carboxylic acids is 1. The maximum Gasteiger partial charge on any atom is 0.251 e. The summed E-state index contributed by atoms with van der Waals surface area (Å²) in [4.78, 5) is 23.0. The van der Waals surface area contributed by atoms with Gasteiger partial charge in [-0.05, 0) is 38.1 Å². The molecular formula is C20H26N4O2. The van der Waals surface area contributed by atoms with Crippen LogP contribution >= 0.6 is 0 Å². The molecule has 138 valence electrons. The van der Waals surface area contributed by atoms with Gasteiger partial charge in [-0.1, -0.05) is 25.0 Å². The van der Waals surface area contributed by atoms with Crippen LogP contribution in [0.2, 0.25) is 0 Å². The minimum atomic E-state index is -0.555. The van der Waals surface area contributed by atoms with Gasteiger partial charge < -0.3 is 15.3 Å². The van der Waals surface area contributed by atoms with Crippen LogP contribution in [0, 0.1) is 0 Å². The summed E-state index contributed by atoms with van der Waals surface area (Å²) < 4.78 is 0. The number of carbonyl (C=O) groups is 1. The Hall–Kier alpha value is -2.31. The number of nitrogens with one attached hydrogen (secondary N) is 1. The molecule has 0 radical (unpaired) electrons. The monoisotopic (exact) mass is 354 g/mol. The number of aliphatic hydroxyl groups excluding tert-OH is 1. The van der Waals surface area contributed by atoms with E-state index in [1.807, 2.05) is 12.1 Å². The van der Waals surface area contributed by atoms with Crippen molar-refractivity contribution >= 4 is 5.91 Å². The molecule has 1 amide bonds. The fourth-order valence-electron chi connectivity index (χ4n) is 3.26. The van der Waals surface area contributed by atoms with Crippen molar-refractivity contribution in [2.45, 2.75) is 31.8 Å². The molecule has 0 spiro atoms. The highest BCUT2D eigenvalue weighted by molar-refractivity contribution is 5.95. The largest absolute Gasteiger partial charge is 0.390 e. The van der Waals surface area contributed by atoms with Crippen molar-refractivity contribution in [2.24, 2.45) is 0 Å². The fraction of sp³-hybridized carbons (Fsp3) is 0.450. The van der Waals surface area contributed by atoms with Crippen LogP contribution in [-0.2, 0) is 0 Å². The van der Waals surface area contributed by atoms with E-state index in [1.165, 1.54) is 25.7 Å². The normalized spacial score (nSPS) is 16.7. The first-order chi connectivity index (χ1) is 12.7. The summed E-state index contributed by atoms with van der Waals surface area (Å²) in [6.45, 7) is 2.93. The molecule has 1 aliphatic rings. The Balaban J connectivity index is 1.53. The molecule has 6 nitrogen and oxygen atoms in total. The van der Waals surface area contributed by atoms with E-state index in [9.17, 15) is 9.90 Å². The average Bonchev–Trinajstić information content (AvgIpc) is 2.95. The number of rotatable bonds is 6. The van der Waals surface area contributed by atoms with E-state index < -0.39 is 6.10 Å². The number of benzene rings is 1. The van der Waals surface area contributed by atoms with Crippen LogP contribution in [0.4, 0.5) is 0 Å². The van der Waals surface area contributed by atoms with Crippen LogP contribution in [0.1, 0.15) is 36.0 Å². The zero-order valence-electron chi connectivity index (χ0n) is 15.0. The summed E-state index contributed by atoms with van der Waals surface area (Å²) in [5, 5.41) is 13.1. The number of amides is 1. The van der Waals surface area contributed by atoms with Gasteiger partial charge in [0.05, 0.1) is 18.0 Å². The third-order valence-electron chi connectivity index (χ3n) is 4.65. The van der Waals surface area contributed by atoms with E-state index in [1.54, 1.807) is 30.7 Å². The van der Waals surface area contributed by atoms with E-state index >= 15 is 0 Å². The smallest absolute Gasteiger partial charge is 0.251 e. The molecule has 2 heterocycles. The van der Waals surface area contributed by atoms with Gasteiger partial charge >= 0.3 is 0 Å². The zero-order chi connectivity index (χ0) is 18.2. The Labute approximate surface area is 154 Å². The van der Waals surface area contributed by atoms with Gasteiger partial charge in [0.1, 0.15) is 0 Å². The highest BCUT2D eigenvalue weighted by Crippen LogP contribution is 2.17. The molecule has 6 heteroatoms. The first kappa shape index (κ1) is 18.5. The maximum atomic E-state index is 12.4. The molecule has 1 aromatic carbocycles. The summed E-state index contributed by atoms with van der Waals surface area (Å²) >= 11 is 0. The molecule has 1 atom stereocenters. The predicted molar refractivity (Wildman–Crippen MR) is 101 cm³/mol. The molecule has 2 N–H and O–H groups in total. The summed E-state index contributed by atoms with van der Waals surface area (Å²) in [6.07, 6.45) is 9.27. The zero-order valence-corrected chi connectivity index (χ0v) is 15.0. The minimum Gasteiger partial charge on any atom is -0.390 e. The van der Waals surface area contributed by atoms with Crippen LogP contribution in [0.25, 0.3) is 11.3 Å². The van der Waals surface area contributed by atoms with Gasteiger partial charge in [0, 0.05) is 36.6 Å². The predicted octanol–water partition coefficient (Wildman–Crippen LogP) is 2.11. The number of likely N-dealkylation sites (tertiary alicyclic amines) is 1. The summed E-state index contributed by atoms with van der Waals surface area (Å²) in [5.74, 6) is -0.189. The molecular weight excluding hydrogens is 328 g/mol. The molecule has 0 bridgehead atoms. The van der Waals surface area contributed by atoms with E-state index in [-0.39, 0.29) is 12.5 Å². The van der Waals surface area contributed by atoms with Crippen molar-refractivity contribution in [3.05, 3.63) is 48.4 Å². The Kier molecular flexibility index (Phi) is 6.68. The van der Waals surface area contributed by atoms with E-state index in [0.717, 1.165) is 24.3 Å². The number of hydrogen-bond donors (Lipinski definition) is 2. The third-order valence-corrected chi connectivity index (χ3v) is 4.65. The van der Waals surface area contributed by atoms with E-state index in [2.05, 4.69) is 20.2 Å². The first-order valence-electron chi connectivity index (χ1n) is 9.27. The highest BCUT2D eigenvalue weighted by Gasteiger charge is 2.15. The van der Waals surface area contributed by atoms with E-state index in [0.29, 0.717) is 12.1 Å².